The molecule has 0 saturated carbocycles. The van der Waals surface area contributed by atoms with E-state index in [0.29, 0.717) is 5.56 Å². The van der Waals surface area contributed by atoms with E-state index in [9.17, 15) is 26.7 Å². The van der Waals surface area contributed by atoms with Gasteiger partial charge in [-0.3, -0.25) is 9.63 Å². The number of nitrogens with one attached hydrogen (secondary N) is 1. The Balaban J connectivity index is 2.32. The van der Waals surface area contributed by atoms with Crippen LogP contribution in [0.15, 0.2) is 18.2 Å². The average molecular weight is 283 g/mol. The number of hydroxylamine groups is 1. The second-order valence-corrected chi connectivity index (χ2v) is 3.68. The first-order chi connectivity index (χ1) is 8.78. The molecule has 1 aromatic carbocycles. The van der Waals surface area contributed by atoms with Crippen LogP contribution in [0, 0.1) is 11.6 Å². The highest BCUT2D eigenvalue weighted by Gasteiger charge is 2.28. The van der Waals surface area contributed by atoms with Crippen molar-refractivity contribution in [2.45, 2.75) is 19.0 Å². The Hall–Kier alpha value is -1.70. The standard InChI is InChI=1S/C11H10F5NO2/c12-8-3-1-7(5-9(8)13)2-4-10(18)17-19-6-11(14,15)16/h1,3,5H,2,4,6H2,(H,17,18). The van der Waals surface area contributed by atoms with Crippen molar-refractivity contribution < 1.29 is 31.6 Å². The highest BCUT2D eigenvalue weighted by molar-refractivity contribution is 5.75. The number of carbonyl (C=O) groups excluding carboxylic acids is 1. The van der Waals surface area contributed by atoms with E-state index >= 15 is 0 Å². The molecule has 0 aliphatic carbocycles. The fourth-order valence-electron chi connectivity index (χ4n) is 1.20. The summed E-state index contributed by atoms with van der Waals surface area (Å²) in [6, 6.07) is 3.10. The van der Waals surface area contributed by atoms with Gasteiger partial charge in [0.25, 0.3) is 0 Å². The van der Waals surface area contributed by atoms with Crippen molar-refractivity contribution >= 4 is 5.91 Å². The van der Waals surface area contributed by atoms with Gasteiger partial charge in [-0.25, -0.2) is 14.3 Å². The summed E-state index contributed by atoms with van der Waals surface area (Å²) >= 11 is 0. The third-order valence-electron chi connectivity index (χ3n) is 2.05. The molecule has 106 valence electrons. The molecule has 0 heterocycles. The number of aryl methyl sites for hydroxylation is 1. The van der Waals surface area contributed by atoms with Crippen LogP contribution in [0.2, 0.25) is 0 Å². The summed E-state index contributed by atoms with van der Waals surface area (Å²) in [7, 11) is 0. The fourth-order valence-corrected chi connectivity index (χ4v) is 1.20. The van der Waals surface area contributed by atoms with E-state index in [1.54, 1.807) is 5.48 Å². The molecule has 0 fully saturated rings. The zero-order valence-electron chi connectivity index (χ0n) is 9.56. The minimum absolute atomic E-state index is 0.0540. The highest BCUT2D eigenvalue weighted by Crippen LogP contribution is 2.14. The summed E-state index contributed by atoms with van der Waals surface area (Å²) in [5.74, 6) is -2.85. The number of hydrogen-bond acceptors (Lipinski definition) is 2. The topological polar surface area (TPSA) is 38.3 Å². The summed E-state index contributed by atoms with van der Waals surface area (Å²) in [5.41, 5.74) is 1.96. The predicted molar refractivity (Wildman–Crippen MR) is 54.8 cm³/mol. The number of halogens is 5. The Morgan fingerprint density at radius 3 is 2.47 bits per heavy atom. The number of carbonyl (C=O) groups is 1. The second kappa shape index (κ2) is 6.46. The van der Waals surface area contributed by atoms with Crippen LogP contribution in [0.5, 0.6) is 0 Å². The van der Waals surface area contributed by atoms with E-state index < -0.39 is 30.3 Å². The molecule has 1 rings (SSSR count). The number of hydrogen-bond donors (Lipinski definition) is 1. The second-order valence-electron chi connectivity index (χ2n) is 3.68. The van der Waals surface area contributed by atoms with Gasteiger partial charge in [0, 0.05) is 6.42 Å². The monoisotopic (exact) mass is 283 g/mol. The Morgan fingerprint density at radius 1 is 1.21 bits per heavy atom. The largest absolute Gasteiger partial charge is 0.414 e. The third kappa shape index (κ3) is 6.14. The van der Waals surface area contributed by atoms with E-state index in [1.807, 2.05) is 0 Å². The Bertz CT molecular complexity index is 447. The lowest BCUT2D eigenvalue weighted by molar-refractivity contribution is -0.191. The molecule has 1 aromatic rings. The summed E-state index contributed by atoms with van der Waals surface area (Å²) in [5, 5.41) is 0. The van der Waals surface area contributed by atoms with Gasteiger partial charge >= 0.3 is 6.18 Å². The molecule has 3 nitrogen and oxygen atoms in total. The fraction of sp³-hybridized carbons (Fsp3) is 0.364. The van der Waals surface area contributed by atoms with Gasteiger partial charge in [0.1, 0.15) is 0 Å². The van der Waals surface area contributed by atoms with Gasteiger partial charge in [-0.1, -0.05) is 6.07 Å². The van der Waals surface area contributed by atoms with Gasteiger partial charge in [0.2, 0.25) is 5.91 Å². The lowest BCUT2D eigenvalue weighted by Gasteiger charge is -2.08. The first-order valence-corrected chi connectivity index (χ1v) is 5.19. The van der Waals surface area contributed by atoms with Crippen LogP contribution < -0.4 is 5.48 Å². The van der Waals surface area contributed by atoms with E-state index in [1.165, 1.54) is 6.07 Å². The van der Waals surface area contributed by atoms with Crippen molar-refractivity contribution in [1.82, 2.24) is 5.48 Å². The van der Waals surface area contributed by atoms with Crippen LogP contribution in [-0.4, -0.2) is 18.7 Å². The maximum atomic E-state index is 12.8. The highest BCUT2D eigenvalue weighted by atomic mass is 19.4. The van der Waals surface area contributed by atoms with Crippen molar-refractivity contribution in [2.75, 3.05) is 6.61 Å². The molecule has 0 aromatic heterocycles. The van der Waals surface area contributed by atoms with Crippen LogP contribution in [0.25, 0.3) is 0 Å². The first-order valence-electron chi connectivity index (χ1n) is 5.19. The van der Waals surface area contributed by atoms with Crippen molar-refractivity contribution in [1.29, 1.82) is 0 Å². The summed E-state index contributed by atoms with van der Waals surface area (Å²) in [6.45, 7) is -1.59. The van der Waals surface area contributed by atoms with Gasteiger partial charge in [0.05, 0.1) is 0 Å². The van der Waals surface area contributed by atoms with E-state index in [-0.39, 0.29) is 12.8 Å². The van der Waals surface area contributed by atoms with Gasteiger partial charge in [-0.2, -0.15) is 13.2 Å². The summed E-state index contributed by atoms with van der Waals surface area (Å²) in [4.78, 5) is 15.0. The lowest BCUT2D eigenvalue weighted by Crippen LogP contribution is -2.29. The van der Waals surface area contributed by atoms with Crippen LogP contribution in [0.3, 0.4) is 0 Å². The molecule has 0 unspecified atom stereocenters. The molecule has 0 bridgehead atoms. The number of rotatable bonds is 5. The van der Waals surface area contributed by atoms with Crippen molar-refractivity contribution in [3.05, 3.63) is 35.4 Å². The summed E-state index contributed by atoms with van der Waals surface area (Å²) < 4.78 is 60.5. The maximum absolute atomic E-state index is 12.8. The smallest absolute Gasteiger partial charge is 0.273 e. The quantitative estimate of drug-likeness (QED) is 0.666. The van der Waals surface area contributed by atoms with Gasteiger partial charge < -0.3 is 0 Å². The van der Waals surface area contributed by atoms with E-state index in [0.717, 1.165) is 12.1 Å². The molecule has 1 amide bonds. The normalized spacial score (nSPS) is 11.4. The molecule has 0 aliphatic heterocycles. The van der Waals surface area contributed by atoms with E-state index in [2.05, 4.69) is 4.84 Å². The number of amides is 1. The molecule has 0 saturated heterocycles. The molecular formula is C11H10F5NO2. The van der Waals surface area contributed by atoms with E-state index in [4.69, 9.17) is 0 Å². The molecule has 1 N–H and O–H groups in total. The zero-order chi connectivity index (χ0) is 14.5. The van der Waals surface area contributed by atoms with Crippen LogP contribution in [0.1, 0.15) is 12.0 Å². The van der Waals surface area contributed by atoms with Crippen molar-refractivity contribution in [3.8, 4) is 0 Å². The average Bonchev–Trinajstić information content (AvgIpc) is 2.29. The van der Waals surface area contributed by atoms with Crippen LogP contribution in [0.4, 0.5) is 22.0 Å². The van der Waals surface area contributed by atoms with Gasteiger partial charge in [-0.05, 0) is 24.1 Å². The van der Waals surface area contributed by atoms with Crippen molar-refractivity contribution in [3.63, 3.8) is 0 Å². The first kappa shape index (κ1) is 15.4. The molecule has 19 heavy (non-hydrogen) atoms. The van der Waals surface area contributed by atoms with Crippen LogP contribution in [-0.2, 0) is 16.1 Å². The van der Waals surface area contributed by atoms with Crippen molar-refractivity contribution in [2.24, 2.45) is 0 Å². The van der Waals surface area contributed by atoms with Crippen LogP contribution >= 0.6 is 0 Å². The Labute approximate surface area is 105 Å². The Kier molecular flexibility index (Phi) is 5.22. The minimum Gasteiger partial charge on any atom is -0.273 e. The molecule has 0 aliphatic rings. The van der Waals surface area contributed by atoms with Gasteiger partial charge in [-0.15, -0.1) is 0 Å². The summed E-state index contributed by atoms with van der Waals surface area (Å²) in [6.07, 6.45) is -4.69. The van der Waals surface area contributed by atoms with Gasteiger partial charge in [0.15, 0.2) is 18.2 Å². The molecule has 8 heteroatoms. The third-order valence-corrected chi connectivity index (χ3v) is 2.05. The molecule has 0 atom stereocenters. The number of alkyl halides is 3. The lowest BCUT2D eigenvalue weighted by atomic mass is 10.1. The zero-order valence-corrected chi connectivity index (χ0v) is 9.56. The maximum Gasteiger partial charge on any atom is 0.414 e. The Morgan fingerprint density at radius 2 is 1.89 bits per heavy atom. The molecule has 0 radical (unpaired) electrons. The predicted octanol–water partition coefficient (Wildman–Crippen LogP) is 2.51. The molecular weight excluding hydrogens is 273 g/mol. The SMILES string of the molecule is O=C(CCc1ccc(F)c(F)c1)NOCC(F)(F)F. The molecule has 0 spiro atoms. The minimum atomic E-state index is -4.53. The number of benzene rings is 1.